The van der Waals surface area contributed by atoms with Crippen LogP contribution in [0.2, 0.25) is 15.1 Å². The van der Waals surface area contributed by atoms with Crippen molar-refractivity contribution in [2.24, 2.45) is 0 Å². The summed E-state index contributed by atoms with van der Waals surface area (Å²) >= 11 is 19.0. The largest absolute Gasteiger partial charge is 0.377 e. The summed E-state index contributed by atoms with van der Waals surface area (Å²) in [6.45, 7) is 13.3. The molecule has 87 heavy (non-hydrogen) atoms. The molecule has 436 valence electrons. The number of halogens is 3. The summed E-state index contributed by atoms with van der Waals surface area (Å²) < 4.78 is 4.89. The average molecular weight is 1220 g/mol. The third-order valence-electron chi connectivity index (χ3n) is 14.6. The van der Waals surface area contributed by atoms with Gasteiger partial charge in [0.15, 0.2) is 0 Å². The number of hydrogen-bond donors (Lipinski definition) is 5. The summed E-state index contributed by atoms with van der Waals surface area (Å²) in [6, 6.07) is 49.0. The normalized spacial score (nSPS) is 12.0. The number of aryl methyl sites for hydroxylation is 2. The lowest BCUT2D eigenvalue weighted by Crippen LogP contribution is -2.32. The summed E-state index contributed by atoms with van der Waals surface area (Å²) in [5.74, 6) is -0.569. The fourth-order valence-corrected chi connectivity index (χ4v) is 11.0. The Morgan fingerprint density at radius 1 is 0.506 bits per heavy atom. The highest BCUT2D eigenvalue weighted by Gasteiger charge is 2.24. The van der Waals surface area contributed by atoms with E-state index in [-0.39, 0.29) is 34.5 Å². The lowest BCUT2D eigenvalue weighted by molar-refractivity contribution is 0.0929. The van der Waals surface area contributed by atoms with Crippen LogP contribution in [0.15, 0.2) is 216 Å². The van der Waals surface area contributed by atoms with Gasteiger partial charge in [-0.3, -0.25) is 47.9 Å². The Morgan fingerprint density at radius 2 is 0.908 bits per heavy atom. The maximum atomic E-state index is 13.4. The third kappa shape index (κ3) is 12.8. The number of aromatic nitrogens is 9. The van der Waals surface area contributed by atoms with Gasteiger partial charge in [-0.15, -0.1) is 0 Å². The Balaban J connectivity index is 0.000000145. The molecule has 0 saturated heterocycles. The molecule has 0 aliphatic heterocycles. The highest BCUT2D eigenvalue weighted by molar-refractivity contribution is 6.36. The minimum absolute atomic E-state index is 0.146. The number of para-hydroxylation sites is 3. The van der Waals surface area contributed by atoms with Gasteiger partial charge >= 0.3 is 0 Å². The first-order valence-electron chi connectivity index (χ1n) is 27.5. The molecule has 12 rings (SSSR count). The van der Waals surface area contributed by atoms with Gasteiger partial charge in [-0.25, -0.2) is 9.97 Å². The van der Waals surface area contributed by atoms with Crippen LogP contribution < -0.4 is 32.6 Å². The van der Waals surface area contributed by atoms with Crippen molar-refractivity contribution in [2.45, 2.75) is 52.7 Å². The Bertz CT molecular complexity index is 4700. The quantitative estimate of drug-likeness (QED) is 0.0735. The number of amides is 2. The maximum absolute atomic E-state index is 13.4. The van der Waals surface area contributed by atoms with Gasteiger partial charge in [-0.1, -0.05) is 132 Å². The molecular formula is C67H57Cl3N12O5. The van der Waals surface area contributed by atoms with Gasteiger partial charge in [0.1, 0.15) is 6.33 Å². The number of hydrogen-bond acceptors (Lipinski definition) is 10. The summed E-state index contributed by atoms with van der Waals surface area (Å²) in [5, 5.41) is 27.6. The molecule has 0 unspecified atom stereocenters. The molecular weight excluding hydrogens is 1160 g/mol. The van der Waals surface area contributed by atoms with Gasteiger partial charge < -0.3 is 16.0 Å². The van der Waals surface area contributed by atoms with Crippen molar-refractivity contribution in [3.63, 3.8) is 0 Å². The van der Waals surface area contributed by atoms with Gasteiger partial charge in [0.05, 0.1) is 78.6 Å². The first kappa shape index (κ1) is 59.9. The Kier molecular flexibility index (Phi) is 18.2. The number of benzene rings is 6. The van der Waals surface area contributed by atoms with E-state index in [0.29, 0.717) is 76.5 Å². The van der Waals surface area contributed by atoms with Crippen LogP contribution in [0.5, 0.6) is 0 Å². The van der Waals surface area contributed by atoms with E-state index in [1.54, 1.807) is 70.3 Å². The standard InChI is InChI=1S/C23H19ClN4O2.C22H19ClN4O2.C22H19ClN4O/c1-14-18(12-25-13-26-14)22(29)27-15(2)20-11-16-7-6-10-19(24)21(16)23(30)28(20)17-8-4-3-5-9-17;1-13-17(12-24-26-13)21(28)25-14(2)19-11-15-7-6-10-18(23)20(15)22(29)27(19)16-8-4-3-5-9-16;1-14(17-12-24-25-13-17)26-15(2)20-11-16-7-6-10-19(23)21(16)22(28)27(20)18-8-4-3-5-9-18/h3-13,15H,1-2H3,(H,27,29);3-12,14H,1-2H3,(H,24,26)(H,25,28);3-13,15,26H,1H2,2H3,(H,24,25)/t15-;14-;15-/m000/s1. The highest BCUT2D eigenvalue weighted by atomic mass is 35.5. The van der Waals surface area contributed by atoms with Crippen LogP contribution in [0.3, 0.4) is 0 Å². The molecule has 6 aromatic carbocycles. The molecule has 12 aromatic rings. The van der Waals surface area contributed by atoms with Crippen molar-refractivity contribution >= 4 is 84.6 Å². The zero-order valence-corrected chi connectivity index (χ0v) is 50.0. The van der Waals surface area contributed by atoms with Crippen LogP contribution in [0.4, 0.5) is 0 Å². The number of fused-ring (bicyclic) bond motifs is 3. The molecule has 5 N–H and O–H groups in total. The van der Waals surface area contributed by atoms with Gasteiger partial charge in [0.25, 0.3) is 28.5 Å². The first-order valence-corrected chi connectivity index (χ1v) is 28.7. The van der Waals surface area contributed by atoms with Crippen LogP contribution >= 0.6 is 34.8 Å². The number of carbonyl (C=O) groups is 2. The lowest BCUT2D eigenvalue weighted by atomic mass is 10.1. The van der Waals surface area contributed by atoms with E-state index in [9.17, 15) is 24.0 Å². The molecule has 0 aliphatic rings. The minimum Gasteiger partial charge on any atom is -0.377 e. The Hall–Kier alpha value is -10.2. The second kappa shape index (κ2) is 26.4. The van der Waals surface area contributed by atoms with Crippen molar-refractivity contribution in [2.75, 3.05) is 0 Å². The number of rotatable bonds is 13. The second-order valence-electron chi connectivity index (χ2n) is 20.4. The number of nitrogens with zero attached hydrogens (tertiary/aromatic N) is 7. The zero-order valence-electron chi connectivity index (χ0n) is 47.7. The molecule has 20 heteroatoms. The molecule has 0 spiro atoms. The van der Waals surface area contributed by atoms with Crippen LogP contribution in [-0.2, 0) is 0 Å². The molecule has 0 aliphatic carbocycles. The molecule has 17 nitrogen and oxygen atoms in total. The van der Waals surface area contributed by atoms with Crippen molar-refractivity contribution in [3.05, 3.63) is 293 Å². The number of H-pyrrole nitrogens is 2. The lowest BCUT2D eigenvalue weighted by Gasteiger charge is -2.22. The van der Waals surface area contributed by atoms with Gasteiger partial charge in [-0.05, 0) is 124 Å². The summed E-state index contributed by atoms with van der Waals surface area (Å²) in [5.41, 5.74) is 7.40. The van der Waals surface area contributed by atoms with Crippen molar-refractivity contribution in [1.29, 1.82) is 0 Å². The van der Waals surface area contributed by atoms with Crippen LogP contribution in [-0.4, -0.2) is 55.9 Å². The number of aromatic amines is 2. The summed E-state index contributed by atoms with van der Waals surface area (Å²) in [6.07, 6.45) is 7.84. The first-order chi connectivity index (χ1) is 42.0. The second-order valence-corrected chi connectivity index (χ2v) is 21.6. The fourth-order valence-electron chi connectivity index (χ4n) is 10.2. The van der Waals surface area contributed by atoms with Crippen molar-refractivity contribution in [3.8, 4) is 17.1 Å². The number of carbonyl (C=O) groups excluding carboxylic acids is 2. The van der Waals surface area contributed by atoms with E-state index in [1.165, 1.54) is 18.7 Å². The monoisotopic (exact) mass is 1210 g/mol. The molecule has 6 aromatic heterocycles. The topological polar surface area (TPSA) is 219 Å². The van der Waals surface area contributed by atoms with E-state index in [4.69, 9.17) is 34.8 Å². The van der Waals surface area contributed by atoms with Crippen LogP contribution in [0.25, 0.3) is 55.1 Å². The smallest absolute Gasteiger partial charge is 0.264 e. The molecule has 6 heterocycles. The van der Waals surface area contributed by atoms with E-state index in [2.05, 4.69) is 52.9 Å². The molecule has 0 saturated carbocycles. The molecule has 0 radical (unpaired) electrons. The highest BCUT2D eigenvalue weighted by Crippen LogP contribution is 2.30. The zero-order chi connectivity index (χ0) is 61.5. The predicted molar refractivity (Wildman–Crippen MR) is 345 cm³/mol. The van der Waals surface area contributed by atoms with Gasteiger partial charge in [0.2, 0.25) is 0 Å². The van der Waals surface area contributed by atoms with Crippen LogP contribution in [0.1, 0.15) is 93.6 Å². The fraction of sp³-hybridized carbons (Fsp3) is 0.119. The van der Waals surface area contributed by atoms with Gasteiger partial charge in [0, 0.05) is 63.5 Å². The Morgan fingerprint density at radius 3 is 1.28 bits per heavy atom. The average Bonchev–Trinajstić information content (AvgIpc) is 1.54. The molecule has 2 amide bonds. The Labute approximate surface area is 514 Å². The van der Waals surface area contributed by atoms with E-state index >= 15 is 0 Å². The summed E-state index contributed by atoms with van der Waals surface area (Å²) in [4.78, 5) is 73.7. The molecule has 0 bridgehead atoms. The van der Waals surface area contributed by atoms with E-state index in [1.807, 2.05) is 154 Å². The number of pyridine rings is 3. The SMILES string of the molecule is C=C(N[C@@H](C)c1cc2cccc(Cl)c2c(=O)n1-c1ccccc1)c1cn[nH]c1.Cc1[nH]ncc1C(=O)N[C@@H](C)c1cc2cccc(Cl)c2c(=O)n1-c1ccccc1.Cc1ncncc1C(=O)N[C@@H](C)c1cc2cccc(Cl)c2c(=O)n1-c1ccccc1. The van der Waals surface area contributed by atoms with Crippen molar-refractivity contribution in [1.82, 2.24) is 60.0 Å². The molecule has 0 fully saturated rings. The predicted octanol–water partition coefficient (Wildman–Crippen LogP) is 13.1. The van der Waals surface area contributed by atoms with Crippen LogP contribution in [0, 0.1) is 13.8 Å². The van der Waals surface area contributed by atoms with E-state index < -0.39 is 12.1 Å². The van der Waals surface area contributed by atoms with Gasteiger partial charge in [-0.2, -0.15) is 10.2 Å². The van der Waals surface area contributed by atoms with E-state index in [0.717, 1.165) is 38.8 Å². The third-order valence-corrected chi connectivity index (χ3v) is 15.6. The number of nitrogens with one attached hydrogen (secondary N) is 5. The van der Waals surface area contributed by atoms with Crippen molar-refractivity contribution < 1.29 is 9.59 Å². The maximum Gasteiger partial charge on any atom is 0.264 e. The summed E-state index contributed by atoms with van der Waals surface area (Å²) in [7, 11) is 0. The molecule has 3 atom stereocenters. The minimum atomic E-state index is -0.464.